The molecule has 1 aromatic rings. The molecule has 7 nitrogen and oxygen atoms in total. The molecule has 10 heteroatoms. The Kier molecular flexibility index (Phi) is 6.78. The summed E-state index contributed by atoms with van der Waals surface area (Å²) in [7, 11) is 0. The molecular formula is C19H24F3N3O4. The highest BCUT2D eigenvalue weighted by Crippen LogP contribution is 2.23. The predicted octanol–water partition coefficient (Wildman–Crippen LogP) is 3.65. The monoisotopic (exact) mass is 415 g/mol. The van der Waals surface area contributed by atoms with E-state index >= 15 is 0 Å². The number of nitrogens with zero attached hydrogens (tertiary/aromatic N) is 1. The number of aliphatic hydroxyl groups excluding tert-OH is 1. The molecule has 0 radical (unpaired) electrons. The fraction of sp³-hybridized carbons (Fsp3) is 0.474. The second-order valence-electron chi connectivity index (χ2n) is 7.53. The normalized spacial score (nSPS) is 15.6. The number of alkyl halides is 3. The second kappa shape index (κ2) is 8.73. The van der Waals surface area contributed by atoms with Crippen LogP contribution >= 0.6 is 0 Å². The van der Waals surface area contributed by atoms with E-state index in [-0.39, 0.29) is 25.6 Å². The summed E-state index contributed by atoms with van der Waals surface area (Å²) in [5.41, 5.74) is -1.17. The Morgan fingerprint density at radius 2 is 1.86 bits per heavy atom. The van der Waals surface area contributed by atoms with Crippen LogP contribution in [-0.2, 0) is 16.1 Å². The number of hydrogen-bond acceptors (Lipinski definition) is 6. The van der Waals surface area contributed by atoms with Crippen LogP contribution in [0.1, 0.15) is 26.3 Å². The van der Waals surface area contributed by atoms with Crippen LogP contribution in [0.4, 0.5) is 23.7 Å². The third-order valence-electron chi connectivity index (χ3n) is 3.78. The van der Waals surface area contributed by atoms with Gasteiger partial charge in [0.25, 0.3) is 0 Å². The Hall–Kier alpha value is -2.75. The zero-order valence-electron chi connectivity index (χ0n) is 16.3. The van der Waals surface area contributed by atoms with E-state index in [2.05, 4.69) is 5.32 Å². The average molecular weight is 415 g/mol. The van der Waals surface area contributed by atoms with Gasteiger partial charge in [-0.05, 0) is 38.5 Å². The van der Waals surface area contributed by atoms with E-state index in [4.69, 9.17) is 20.0 Å². The van der Waals surface area contributed by atoms with Gasteiger partial charge in [0, 0.05) is 11.8 Å². The molecule has 0 aliphatic carbocycles. The molecule has 160 valence electrons. The zero-order valence-corrected chi connectivity index (χ0v) is 16.3. The third-order valence-corrected chi connectivity index (χ3v) is 3.78. The van der Waals surface area contributed by atoms with Crippen LogP contribution in [0.25, 0.3) is 0 Å². The van der Waals surface area contributed by atoms with Crippen molar-refractivity contribution in [2.24, 2.45) is 0 Å². The van der Waals surface area contributed by atoms with Gasteiger partial charge in [-0.15, -0.1) is 0 Å². The number of anilines is 1. The van der Waals surface area contributed by atoms with Crippen LogP contribution in [-0.4, -0.2) is 52.8 Å². The number of carbonyl (C=O) groups is 1. The van der Waals surface area contributed by atoms with Crippen LogP contribution in [0, 0.1) is 5.41 Å². The van der Waals surface area contributed by atoms with Crippen LogP contribution in [0.3, 0.4) is 0 Å². The van der Waals surface area contributed by atoms with E-state index < -0.39 is 29.7 Å². The summed E-state index contributed by atoms with van der Waals surface area (Å²) in [6.07, 6.45) is -5.34. The van der Waals surface area contributed by atoms with Gasteiger partial charge in [-0.1, -0.05) is 12.1 Å². The maximum atomic E-state index is 12.8. The molecule has 0 aromatic heterocycles. The number of hydrogen-bond donors (Lipinski definition) is 3. The van der Waals surface area contributed by atoms with Crippen LogP contribution < -0.4 is 5.32 Å². The van der Waals surface area contributed by atoms with Gasteiger partial charge in [0.15, 0.2) is 5.88 Å². The van der Waals surface area contributed by atoms with Crippen LogP contribution in [0.15, 0.2) is 36.2 Å². The number of halogens is 3. The molecule has 29 heavy (non-hydrogen) atoms. The zero-order chi connectivity index (χ0) is 21.8. The van der Waals surface area contributed by atoms with Gasteiger partial charge >= 0.3 is 12.3 Å². The molecule has 0 unspecified atom stereocenters. The molecule has 1 fully saturated rings. The summed E-state index contributed by atoms with van der Waals surface area (Å²) in [6.45, 7) is 5.32. The maximum absolute atomic E-state index is 12.8. The fourth-order valence-electron chi connectivity index (χ4n) is 2.32. The first kappa shape index (κ1) is 22.5. The maximum Gasteiger partial charge on any atom is 0.432 e. The van der Waals surface area contributed by atoms with Gasteiger partial charge in [0.1, 0.15) is 17.4 Å². The van der Waals surface area contributed by atoms with Gasteiger partial charge in [-0.2, -0.15) is 13.2 Å². The van der Waals surface area contributed by atoms with E-state index in [9.17, 15) is 18.0 Å². The SMILES string of the molecule is CC(C)(C)OC(=O)N1CC(O/C(=C/C(=N)C(F)(F)F)Nc2ccc(CO)cc2)C1. The number of benzene rings is 1. The van der Waals surface area contributed by atoms with Gasteiger partial charge in [0.05, 0.1) is 19.7 Å². The van der Waals surface area contributed by atoms with E-state index in [1.54, 1.807) is 45.0 Å². The lowest BCUT2D eigenvalue weighted by molar-refractivity contribution is -0.0590. The molecule has 0 atom stereocenters. The summed E-state index contributed by atoms with van der Waals surface area (Å²) < 4.78 is 49.0. The van der Waals surface area contributed by atoms with Crippen LogP contribution in [0.2, 0.25) is 0 Å². The van der Waals surface area contributed by atoms with E-state index in [0.717, 1.165) is 0 Å². The van der Waals surface area contributed by atoms with Crippen molar-refractivity contribution in [2.45, 2.75) is 45.3 Å². The van der Waals surface area contributed by atoms with Crippen molar-refractivity contribution in [2.75, 3.05) is 18.4 Å². The molecule has 1 amide bonds. The molecule has 1 aliphatic heterocycles. The van der Waals surface area contributed by atoms with Gasteiger partial charge in [0.2, 0.25) is 0 Å². The summed E-state index contributed by atoms with van der Waals surface area (Å²) in [4.78, 5) is 13.3. The van der Waals surface area contributed by atoms with Gasteiger partial charge < -0.3 is 24.8 Å². The molecule has 1 saturated heterocycles. The number of likely N-dealkylation sites (tertiary alicyclic amines) is 1. The molecule has 0 bridgehead atoms. The third kappa shape index (κ3) is 6.97. The molecule has 1 aromatic carbocycles. The lowest BCUT2D eigenvalue weighted by atomic mass is 10.1. The minimum atomic E-state index is -4.82. The number of ether oxygens (including phenoxy) is 2. The number of carbonyl (C=O) groups excluding carboxylic acids is 1. The summed E-state index contributed by atoms with van der Waals surface area (Å²) in [5, 5.41) is 18.9. The Morgan fingerprint density at radius 3 is 2.34 bits per heavy atom. The van der Waals surface area contributed by atoms with Crippen molar-refractivity contribution < 1.29 is 32.5 Å². The quantitative estimate of drug-likeness (QED) is 0.487. The van der Waals surface area contributed by atoms with Crippen molar-refractivity contribution in [1.82, 2.24) is 4.90 Å². The number of aliphatic hydroxyl groups is 1. The van der Waals surface area contributed by atoms with Crippen molar-refractivity contribution in [1.29, 1.82) is 5.41 Å². The van der Waals surface area contributed by atoms with Crippen molar-refractivity contribution in [3.8, 4) is 0 Å². The highest BCUT2D eigenvalue weighted by Gasteiger charge is 2.37. The molecule has 1 aliphatic rings. The number of amides is 1. The molecule has 0 saturated carbocycles. The standard InChI is InChI=1S/C19H24F3N3O4/c1-18(2,3)29-17(27)25-9-14(10-25)28-16(8-15(23)19(20,21)22)24-13-6-4-12(11-26)5-7-13/h4-8,14,23-24,26H,9-11H2,1-3H3/b16-8+,23-15?. The van der Waals surface area contributed by atoms with Crippen LogP contribution in [0.5, 0.6) is 0 Å². The predicted molar refractivity (Wildman–Crippen MR) is 101 cm³/mol. The average Bonchev–Trinajstić information content (AvgIpc) is 2.55. The lowest BCUT2D eigenvalue weighted by Gasteiger charge is -2.39. The summed E-state index contributed by atoms with van der Waals surface area (Å²) >= 11 is 0. The largest absolute Gasteiger partial charge is 0.472 e. The molecule has 1 heterocycles. The first-order valence-electron chi connectivity index (χ1n) is 8.86. The number of nitrogens with one attached hydrogen (secondary N) is 2. The Morgan fingerprint density at radius 1 is 1.28 bits per heavy atom. The minimum absolute atomic E-state index is 0.150. The lowest BCUT2D eigenvalue weighted by Crippen LogP contribution is -2.56. The first-order valence-corrected chi connectivity index (χ1v) is 8.86. The first-order chi connectivity index (χ1) is 13.4. The highest BCUT2D eigenvalue weighted by molar-refractivity contribution is 5.97. The van der Waals surface area contributed by atoms with Crippen molar-refractivity contribution >= 4 is 17.5 Å². The second-order valence-corrected chi connectivity index (χ2v) is 7.53. The van der Waals surface area contributed by atoms with Crippen molar-refractivity contribution in [3.05, 3.63) is 41.8 Å². The molecular weight excluding hydrogens is 391 g/mol. The number of rotatable bonds is 6. The summed E-state index contributed by atoms with van der Waals surface area (Å²) in [5.74, 6) is -0.266. The fourth-order valence-corrected chi connectivity index (χ4v) is 2.32. The Bertz CT molecular complexity index is 764. The molecule has 2 rings (SSSR count). The van der Waals surface area contributed by atoms with E-state index in [0.29, 0.717) is 17.3 Å². The molecule has 3 N–H and O–H groups in total. The Labute approximate surface area is 166 Å². The van der Waals surface area contributed by atoms with Gasteiger partial charge in [-0.25, -0.2) is 4.79 Å². The van der Waals surface area contributed by atoms with Crippen molar-refractivity contribution in [3.63, 3.8) is 0 Å². The Balaban J connectivity index is 2.04. The number of allylic oxidation sites excluding steroid dienone is 1. The molecule has 0 spiro atoms. The van der Waals surface area contributed by atoms with Gasteiger partial charge in [-0.3, -0.25) is 5.41 Å². The van der Waals surface area contributed by atoms with E-state index in [1.807, 2.05) is 0 Å². The minimum Gasteiger partial charge on any atom is -0.472 e. The smallest absolute Gasteiger partial charge is 0.432 e. The topological polar surface area (TPSA) is 94.9 Å². The highest BCUT2D eigenvalue weighted by atomic mass is 19.4. The van der Waals surface area contributed by atoms with E-state index in [1.165, 1.54) is 4.90 Å². The summed E-state index contributed by atoms with van der Waals surface area (Å²) in [6, 6.07) is 6.33.